The number of hydrogen-bond acceptors (Lipinski definition) is 5. The van der Waals surface area contributed by atoms with Crippen LogP contribution in [0, 0.1) is 3.57 Å². The summed E-state index contributed by atoms with van der Waals surface area (Å²) in [5.41, 5.74) is -0.623. The van der Waals surface area contributed by atoms with Crippen molar-refractivity contribution in [2.45, 2.75) is 24.4 Å². The summed E-state index contributed by atoms with van der Waals surface area (Å²) in [6.45, 7) is 1.01. The number of benzene rings is 1. The van der Waals surface area contributed by atoms with Gasteiger partial charge in [-0.1, -0.05) is 0 Å². The minimum atomic E-state index is -6.48. The fraction of sp³-hybridized carbons (Fsp3) is 0.333. The lowest BCUT2D eigenvalue weighted by Gasteiger charge is -2.27. The predicted molar refractivity (Wildman–Crippen MR) is 84.3 cm³/mol. The highest BCUT2D eigenvalue weighted by Gasteiger charge is 2.64. The van der Waals surface area contributed by atoms with Gasteiger partial charge in [-0.3, -0.25) is 14.1 Å². The van der Waals surface area contributed by atoms with Gasteiger partial charge >= 0.3 is 27.5 Å². The first kappa shape index (κ1) is 22.5. The van der Waals surface area contributed by atoms with Crippen LogP contribution in [0.15, 0.2) is 18.2 Å². The Morgan fingerprint density at radius 2 is 1.77 bits per heavy atom. The third kappa shape index (κ3) is 5.23. The Labute approximate surface area is 156 Å². The van der Waals surface area contributed by atoms with E-state index in [4.69, 9.17) is 9.29 Å². The summed E-state index contributed by atoms with van der Waals surface area (Å²) in [6, 6.07) is -1.33. The van der Waals surface area contributed by atoms with E-state index in [1.54, 1.807) is 22.6 Å². The smallest absolute Gasteiger partial charge is 0.415 e. The molecule has 1 amide bonds. The maximum atomic E-state index is 13.4. The first-order valence-corrected chi connectivity index (χ1v) is 8.79. The van der Waals surface area contributed by atoms with Gasteiger partial charge in [0, 0.05) is 12.5 Å². The molecule has 1 unspecified atom stereocenters. The molecule has 0 aliphatic heterocycles. The van der Waals surface area contributed by atoms with E-state index >= 15 is 0 Å². The quantitative estimate of drug-likeness (QED) is 0.204. The van der Waals surface area contributed by atoms with Crippen molar-refractivity contribution >= 4 is 44.6 Å². The molecule has 0 radical (unpaired) electrons. The lowest BCUT2D eigenvalue weighted by Crippen LogP contribution is -2.59. The second kappa shape index (κ2) is 7.59. The normalized spacial score (nSPS) is 13.8. The van der Waals surface area contributed by atoms with E-state index in [0.29, 0.717) is 0 Å². The SMILES string of the molecule is CC(=O)Oc1cc(C(=O)NC(C(F)(F)F)C(F)(F)S(=O)(=O)O)ccc1I. The van der Waals surface area contributed by atoms with Crippen molar-refractivity contribution in [1.82, 2.24) is 5.32 Å². The van der Waals surface area contributed by atoms with Crippen LogP contribution in [-0.4, -0.2) is 42.3 Å². The molecule has 26 heavy (non-hydrogen) atoms. The lowest BCUT2D eigenvalue weighted by molar-refractivity contribution is -0.191. The molecule has 0 spiro atoms. The average molecular weight is 517 g/mol. The van der Waals surface area contributed by atoms with E-state index in [0.717, 1.165) is 30.4 Å². The molecule has 0 saturated heterocycles. The maximum Gasteiger partial charge on any atom is 0.415 e. The highest BCUT2D eigenvalue weighted by Crippen LogP contribution is 2.36. The summed E-state index contributed by atoms with van der Waals surface area (Å²) in [4.78, 5) is 22.8. The summed E-state index contributed by atoms with van der Waals surface area (Å²) >= 11 is 1.67. The fourth-order valence-electron chi connectivity index (χ4n) is 1.60. The maximum absolute atomic E-state index is 13.4. The van der Waals surface area contributed by atoms with Gasteiger partial charge in [-0.15, -0.1) is 0 Å². The van der Waals surface area contributed by atoms with Crippen LogP contribution in [0.3, 0.4) is 0 Å². The number of alkyl halides is 5. The second-order valence-electron chi connectivity index (χ2n) is 4.72. The number of carbonyl (C=O) groups is 2. The Balaban J connectivity index is 3.26. The van der Waals surface area contributed by atoms with Crippen LogP contribution in [0.5, 0.6) is 5.75 Å². The molecular weight excluding hydrogens is 508 g/mol. The Bertz CT molecular complexity index is 826. The first-order valence-electron chi connectivity index (χ1n) is 6.27. The van der Waals surface area contributed by atoms with Gasteiger partial charge in [0.2, 0.25) is 6.04 Å². The van der Waals surface area contributed by atoms with Gasteiger partial charge in [0.05, 0.1) is 3.57 Å². The van der Waals surface area contributed by atoms with Gasteiger partial charge in [-0.2, -0.15) is 30.4 Å². The third-order valence-corrected chi connectivity index (χ3v) is 4.54. The van der Waals surface area contributed by atoms with Crippen LogP contribution in [0.25, 0.3) is 0 Å². The van der Waals surface area contributed by atoms with Crippen LogP contribution < -0.4 is 10.1 Å². The van der Waals surface area contributed by atoms with Crippen LogP contribution >= 0.6 is 22.6 Å². The number of nitrogens with one attached hydrogen (secondary N) is 1. The molecule has 0 aliphatic carbocycles. The predicted octanol–water partition coefficient (Wildman–Crippen LogP) is 2.36. The number of esters is 1. The summed E-state index contributed by atoms with van der Waals surface area (Å²) in [5.74, 6) is -2.78. The first-order chi connectivity index (χ1) is 11.6. The molecule has 0 aliphatic rings. The van der Waals surface area contributed by atoms with E-state index in [-0.39, 0.29) is 9.32 Å². The topological polar surface area (TPSA) is 110 Å². The second-order valence-corrected chi connectivity index (χ2v) is 7.38. The fourth-order valence-corrected chi connectivity index (χ4v) is 2.53. The van der Waals surface area contributed by atoms with Crippen molar-refractivity contribution in [3.8, 4) is 5.75 Å². The zero-order valence-electron chi connectivity index (χ0n) is 12.5. The molecule has 146 valence electrons. The molecule has 0 heterocycles. The van der Waals surface area contributed by atoms with Crippen molar-refractivity contribution in [2.75, 3.05) is 0 Å². The van der Waals surface area contributed by atoms with Gasteiger partial charge in [0.25, 0.3) is 5.91 Å². The largest absolute Gasteiger partial charge is 0.426 e. The Morgan fingerprint density at radius 1 is 1.23 bits per heavy atom. The Hall–Kier alpha value is -1.55. The number of rotatable bonds is 5. The van der Waals surface area contributed by atoms with Gasteiger partial charge in [0.1, 0.15) is 5.75 Å². The van der Waals surface area contributed by atoms with E-state index in [9.17, 15) is 40.0 Å². The molecule has 2 N–H and O–H groups in total. The summed E-state index contributed by atoms with van der Waals surface area (Å²) < 4.78 is 99.8. The Morgan fingerprint density at radius 3 is 2.19 bits per heavy atom. The van der Waals surface area contributed by atoms with Gasteiger partial charge in [0.15, 0.2) is 0 Å². The number of ether oxygens (including phenoxy) is 1. The van der Waals surface area contributed by atoms with E-state index in [1.165, 1.54) is 0 Å². The van der Waals surface area contributed by atoms with Crippen molar-refractivity contribution < 1.29 is 49.2 Å². The zero-order chi connectivity index (χ0) is 20.5. The van der Waals surface area contributed by atoms with E-state index in [2.05, 4.69) is 0 Å². The molecule has 0 fully saturated rings. The van der Waals surface area contributed by atoms with Crippen molar-refractivity contribution in [1.29, 1.82) is 0 Å². The molecule has 1 atom stereocenters. The van der Waals surface area contributed by atoms with Crippen molar-refractivity contribution in [2.24, 2.45) is 0 Å². The molecule has 7 nitrogen and oxygen atoms in total. The van der Waals surface area contributed by atoms with Crippen LogP contribution in [0.4, 0.5) is 22.0 Å². The number of carbonyl (C=O) groups excluding carboxylic acids is 2. The minimum Gasteiger partial charge on any atom is -0.426 e. The summed E-state index contributed by atoms with van der Waals surface area (Å²) in [5, 5.41) is -4.91. The monoisotopic (exact) mass is 517 g/mol. The van der Waals surface area contributed by atoms with Crippen LogP contribution in [-0.2, 0) is 14.9 Å². The van der Waals surface area contributed by atoms with Gasteiger partial charge in [-0.25, -0.2) is 0 Å². The van der Waals surface area contributed by atoms with E-state index < -0.39 is 45.0 Å². The molecule has 1 aromatic rings. The highest BCUT2D eigenvalue weighted by molar-refractivity contribution is 14.1. The molecular formula is C12H9F5INO6S. The minimum absolute atomic E-state index is 0.226. The number of amides is 1. The lowest BCUT2D eigenvalue weighted by atomic mass is 10.2. The van der Waals surface area contributed by atoms with Crippen molar-refractivity contribution in [3.05, 3.63) is 27.3 Å². The van der Waals surface area contributed by atoms with Gasteiger partial charge in [-0.05, 0) is 40.8 Å². The van der Waals surface area contributed by atoms with Crippen LogP contribution in [0.1, 0.15) is 17.3 Å². The average Bonchev–Trinajstić information content (AvgIpc) is 2.43. The number of halogens is 6. The zero-order valence-corrected chi connectivity index (χ0v) is 15.4. The number of hydrogen-bond donors (Lipinski definition) is 2. The van der Waals surface area contributed by atoms with Crippen LogP contribution in [0.2, 0.25) is 0 Å². The van der Waals surface area contributed by atoms with Gasteiger partial charge < -0.3 is 10.1 Å². The molecule has 0 aromatic heterocycles. The third-order valence-electron chi connectivity index (χ3n) is 2.73. The molecule has 1 aromatic carbocycles. The molecule has 0 bridgehead atoms. The van der Waals surface area contributed by atoms with Crippen molar-refractivity contribution in [3.63, 3.8) is 0 Å². The highest BCUT2D eigenvalue weighted by atomic mass is 127. The summed E-state index contributed by atoms with van der Waals surface area (Å²) in [6.07, 6.45) is -5.91. The molecule has 1 rings (SSSR count). The Kier molecular flexibility index (Phi) is 6.57. The molecule has 14 heteroatoms. The standard InChI is InChI=1S/C12H9F5INO6S/c1-5(20)25-8-4-6(2-3-7(8)18)9(21)19-10(11(13,14)15)12(16,17)26(22,23)24/h2-4,10H,1H3,(H,19,21)(H,22,23,24). The summed E-state index contributed by atoms with van der Waals surface area (Å²) in [7, 11) is -6.48. The molecule has 0 saturated carbocycles. The van der Waals surface area contributed by atoms with E-state index in [1.807, 2.05) is 0 Å².